The van der Waals surface area contributed by atoms with Gasteiger partial charge in [-0.05, 0) is 0 Å². The van der Waals surface area contributed by atoms with E-state index in [2.05, 4.69) is 4.98 Å². The van der Waals surface area contributed by atoms with Crippen molar-refractivity contribution in [1.82, 2.24) is 4.98 Å². The summed E-state index contributed by atoms with van der Waals surface area (Å²) in [4.78, 5) is 15.5. The second-order valence-corrected chi connectivity index (χ2v) is 4.01. The van der Waals surface area contributed by atoms with E-state index in [1.807, 2.05) is 18.2 Å². The number of nitrogens with zero attached hydrogens (tertiary/aromatic N) is 1. The van der Waals surface area contributed by atoms with Crippen molar-refractivity contribution < 1.29 is 9.90 Å². The number of carbonyl (C=O) groups excluding carboxylic acids is 1. The molecule has 0 atom stereocenters. The van der Waals surface area contributed by atoms with Gasteiger partial charge in [-0.15, -0.1) is 11.3 Å². The molecule has 3 nitrogen and oxygen atoms in total. The summed E-state index contributed by atoms with van der Waals surface area (Å²) in [5.41, 5.74) is 0.673. The first-order valence-electron chi connectivity index (χ1n) is 4.47. The molecule has 1 heterocycles. The normalized spacial score (nSPS) is 10.1. The fourth-order valence-corrected chi connectivity index (χ4v) is 1.90. The van der Waals surface area contributed by atoms with Crippen molar-refractivity contribution in [3.63, 3.8) is 0 Å². The van der Waals surface area contributed by atoms with E-state index in [0.29, 0.717) is 10.6 Å². The van der Waals surface area contributed by atoms with Crippen molar-refractivity contribution in [1.29, 1.82) is 0 Å². The van der Waals surface area contributed by atoms with E-state index in [1.54, 1.807) is 12.1 Å². The number of Topliss-reactive ketones (excluding diaryl/α,β-unsaturated/α-hetero) is 1. The van der Waals surface area contributed by atoms with Crippen LogP contribution in [0.3, 0.4) is 0 Å². The molecule has 0 bridgehead atoms. The molecule has 0 spiro atoms. The zero-order valence-electron chi connectivity index (χ0n) is 7.88. The largest absolute Gasteiger partial charge is 0.493 e. The Kier molecular flexibility index (Phi) is 2.78. The van der Waals surface area contributed by atoms with Gasteiger partial charge in [-0.3, -0.25) is 4.79 Å². The van der Waals surface area contributed by atoms with Gasteiger partial charge < -0.3 is 5.11 Å². The van der Waals surface area contributed by atoms with Crippen LogP contribution < -0.4 is 0 Å². The van der Waals surface area contributed by atoms with Gasteiger partial charge in [0.15, 0.2) is 5.78 Å². The highest BCUT2D eigenvalue weighted by Crippen LogP contribution is 2.16. The molecule has 4 heteroatoms. The lowest BCUT2D eigenvalue weighted by Gasteiger charge is -1.96. The average molecular weight is 219 g/mol. The van der Waals surface area contributed by atoms with Gasteiger partial charge in [-0.1, -0.05) is 30.3 Å². The van der Waals surface area contributed by atoms with Crippen molar-refractivity contribution in [3.8, 4) is 5.88 Å². The van der Waals surface area contributed by atoms with Crippen LogP contribution in [0, 0.1) is 0 Å². The van der Waals surface area contributed by atoms with Crippen LogP contribution >= 0.6 is 11.3 Å². The molecule has 1 aromatic heterocycles. The third-order valence-corrected chi connectivity index (χ3v) is 2.78. The molecule has 0 saturated heterocycles. The number of benzene rings is 1. The summed E-state index contributed by atoms with van der Waals surface area (Å²) in [5, 5.41) is 11.2. The molecule has 0 saturated carbocycles. The minimum absolute atomic E-state index is 0.0177. The van der Waals surface area contributed by atoms with Gasteiger partial charge in [0, 0.05) is 5.56 Å². The van der Waals surface area contributed by atoms with E-state index >= 15 is 0 Å². The summed E-state index contributed by atoms with van der Waals surface area (Å²) in [6.07, 6.45) is 0.245. The number of rotatable bonds is 3. The van der Waals surface area contributed by atoms with Crippen LogP contribution in [0.15, 0.2) is 35.7 Å². The standard InChI is InChI=1S/C11H9NO2S/c13-9(8-4-2-1-3-5-8)6-11-12-10(14)7-15-11/h1-5,7,14H,6H2. The first-order valence-corrected chi connectivity index (χ1v) is 5.35. The Bertz CT molecular complexity index is 464. The monoisotopic (exact) mass is 219 g/mol. The van der Waals surface area contributed by atoms with Crippen LogP contribution in [0.4, 0.5) is 0 Å². The quantitative estimate of drug-likeness (QED) is 0.806. The van der Waals surface area contributed by atoms with Gasteiger partial charge in [-0.25, -0.2) is 4.98 Å². The first-order chi connectivity index (χ1) is 7.25. The van der Waals surface area contributed by atoms with Crippen molar-refractivity contribution in [3.05, 3.63) is 46.3 Å². The van der Waals surface area contributed by atoms with Crippen LogP contribution in [0.5, 0.6) is 5.88 Å². The van der Waals surface area contributed by atoms with Crippen molar-refractivity contribution >= 4 is 17.1 Å². The molecule has 0 unspecified atom stereocenters. The van der Waals surface area contributed by atoms with E-state index in [0.717, 1.165) is 0 Å². The van der Waals surface area contributed by atoms with Gasteiger partial charge in [0.05, 0.1) is 11.8 Å². The van der Waals surface area contributed by atoms with E-state index in [4.69, 9.17) is 5.11 Å². The third kappa shape index (κ3) is 2.41. The third-order valence-electron chi connectivity index (χ3n) is 1.95. The Morgan fingerprint density at radius 1 is 1.33 bits per heavy atom. The number of ketones is 1. The Morgan fingerprint density at radius 2 is 2.07 bits per heavy atom. The van der Waals surface area contributed by atoms with E-state index in [1.165, 1.54) is 16.7 Å². The van der Waals surface area contributed by atoms with Gasteiger partial charge >= 0.3 is 0 Å². The molecule has 2 rings (SSSR count). The van der Waals surface area contributed by atoms with Crippen LogP contribution in [0.25, 0.3) is 0 Å². The predicted octanol–water partition coefficient (Wildman–Crippen LogP) is 2.27. The molecule has 1 N–H and O–H groups in total. The summed E-state index contributed by atoms with van der Waals surface area (Å²) in [6.45, 7) is 0. The second kappa shape index (κ2) is 4.23. The molecular weight excluding hydrogens is 210 g/mol. The maximum Gasteiger partial charge on any atom is 0.222 e. The summed E-state index contributed by atoms with van der Waals surface area (Å²) < 4.78 is 0. The summed E-state index contributed by atoms with van der Waals surface area (Å²) in [6, 6.07) is 9.07. The Balaban J connectivity index is 2.11. The molecule has 2 aromatic rings. The van der Waals surface area contributed by atoms with Crippen LogP contribution in [0.1, 0.15) is 15.4 Å². The van der Waals surface area contributed by atoms with E-state index in [-0.39, 0.29) is 18.1 Å². The number of aromatic hydroxyl groups is 1. The maximum atomic E-state index is 11.7. The summed E-state index contributed by atoms with van der Waals surface area (Å²) in [7, 11) is 0. The average Bonchev–Trinajstić information content (AvgIpc) is 2.65. The van der Waals surface area contributed by atoms with Crippen molar-refractivity contribution in [2.24, 2.45) is 0 Å². The highest BCUT2D eigenvalue weighted by Gasteiger charge is 2.09. The number of thiazole rings is 1. The molecule has 0 aliphatic heterocycles. The highest BCUT2D eigenvalue weighted by atomic mass is 32.1. The minimum Gasteiger partial charge on any atom is -0.493 e. The zero-order valence-corrected chi connectivity index (χ0v) is 8.70. The molecule has 0 radical (unpaired) electrons. The summed E-state index contributed by atoms with van der Waals surface area (Å²) >= 11 is 1.29. The van der Waals surface area contributed by atoms with Crippen LogP contribution in [-0.2, 0) is 6.42 Å². The van der Waals surface area contributed by atoms with E-state index in [9.17, 15) is 4.79 Å². The maximum absolute atomic E-state index is 11.7. The number of aromatic nitrogens is 1. The van der Waals surface area contributed by atoms with Crippen LogP contribution in [-0.4, -0.2) is 15.9 Å². The number of hydrogen-bond donors (Lipinski definition) is 1. The lowest BCUT2D eigenvalue weighted by molar-refractivity contribution is 0.0993. The molecular formula is C11H9NO2S. The Hall–Kier alpha value is -1.68. The fourth-order valence-electron chi connectivity index (χ4n) is 1.25. The smallest absolute Gasteiger partial charge is 0.222 e. The predicted molar refractivity (Wildman–Crippen MR) is 58.3 cm³/mol. The molecule has 15 heavy (non-hydrogen) atoms. The Labute approximate surface area is 91.0 Å². The number of carbonyl (C=O) groups is 1. The highest BCUT2D eigenvalue weighted by molar-refractivity contribution is 7.09. The Morgan fingerprint density at radius 3 is 2.67 bits per heavy atom. The topological polar surface area (TPSA) is 50.2 Å². The van der Waals surface area contributed by atoms with E-state index < -0.39 is 0 Å². The molecule has 76 valence electrons. The van der Waals surface area contributed by atoms with Gasteiger partial charge in [0.1, 0.15) is 5.01 Å². The van der Waals surface area contributed by atoms with Gasteiger partial charge in [-0.2, -0.15) is 0 Å². The van der Waals surface area contributed by atoms with Gasteiger partial charge in [0.25, 0.3) is 0 Å². The SMILES string of the molecule is O=C(Cc1nc(O)cs1)c1ccccc1. The zero-order chi connectivity index (χ0) is 10.7. The molecule has 0 aliphatic rings. The lowest BCUT2D eigenvalue weighted by atomic mass is 10.1. The molecule has 0 aliphatic carbocycles. The molecule has 0 amide bonds. The number of hydrogen-bond acceptors (Lipinski definition) is 4. The molecule has 0 fully saturated rings. The van der Waals surface area contributed by atoms with Crippen molar-refractivity contribution in [2.45, 2.75) is 6.42 Å². The lowest BCUT2D eigenvalue weighted by Crippen LogP contribution is -2.02. The fraction of sp³-hybridized carbons (Fsp3) is 0.0909. The summed E-state index contributed by atoms with van der Waals surface area (Å²) in [5.74, 6) is 0.000752. The minimum atomic E-state index is -0.0177. The van der Waals surface area contributed by atoms with Gasteiger partial charge in [0.2, 0.25) is 5.88 Å². The second-order valence-electron chi connectivity index (χ2n) is 3.07. The first kappa shape index (κ1) is 9.86. The van der Waals surface area contributed by atoms with Crippen LogP contribution in [0.2, 0.25) is 0 Å². The molecule has 1 aromatic carbocycles. The van der Waals surface area contributed by atoms with Crippen molar-refractivity contribution in [2.75, 3.05) is 0 Å².